The van der Waals surface area contributed by atoms with Gasteiger partial charge in [0.25, 0.3) is 5.91 Å². The zero-order chi connectivity index (χ0) is 24.3. The number of amides is 1. The number of carbonyl (C=O) groups is 2. The Hall–Kier alpha value is -1.80. The third-order valence-electron chi connectivity index (χ3n) is 4.95. The monoisotopic (exact) mass is 479 g/mol. The van der Waals surface area contributed by atoms with Crippen LogP contribution in [0.25, 0.3) is 0 Å². The SMILES string of the molecule is C=C(C)N(C(=O)/C(C)=C(\C)C(F)(F)F)c1cc(SC(C(C)=O)C(C)CC)c(Cl)cc1F. The second-order valence-corrected chi connectivity index (χ2v) is 8.98. The predicted molar refractivity (Wildman–Crippen MR) is 118 cm³/mol. The van der Waals surface area contributed by atoms with E-state index in [-0.39, 0.29) is 28.1 Å². The number of hydrogen-bond donors (Lipinski definition) is 0. The van der Waals surface area contributed by atoms with Crippen molar-refractivity contribution in [1.29, 1.82) is 0 Å². The molecule has 0 heterocycles. The number of halogens is 5. The largest absolute Gasteiger partial charge is 0.412 e. The van der Waals surface area contributed by atoms with Crippen LogP contribution < -0.4 is 4.90 Å². The van der Waals surface area contributed by atoms with Crippen LogP contribution in [0.4, 0.5) is 23.2 Å². The highest BCUT2D eigenvalue weighted by Gasteiger charge is 2.35. The topological polar surface area (TPSA) is 37.4 Å². The zero-order valence-electron chi connectivity index (χ0n) is 18.3. The van der Waals surface area contributed by atoms with Crippen molar-refractivity contribution >= 4 is 40.7 Å². The number of nitrogens with zero attached hydrogens (tertiary/aromatic N) is 1. The minimum Gasteiger partial charge on any atom is -0.299 e. The fraction of sp³-hybridized carbons (Fsp3) is 0.455. The lowest BCUT2D eigenvalue weighted by Crippen LogP contribution is -2.32. The number of ketones is 1. The van der Waals surface area contributed by atoms with E-state index >= 15 is 0 Å². The van der Waals surface area contributed by atoms with E-state index in [9.17, 15) is 27.2 Å². The summed E-state index contributed by atoms with van der Waals surface area (Å²) in [5.41, 5.74) is -1.92. The fourth-order valence-corrected chi connectivity index (χ4v) is 4.26. The van der Waals surface area contributed by atoms with E-state index in [1.165, 1.54) is 19.9 Å². The summed E-state index contributed by atoms with van der Waals surface area (Å²) in [6.45, 7) is 12.1. The summed E-state index contributed by atoms with van der Waals surface area (Å²) >= 11 is 7.31. The first-order valence-corrected chi connectivity index (χ1v) is 10.8. The van der Waals surface area contributed by atoms with Crippen LogP contribution in [0.2, 0.25) is 5.02 Å². The van der Waals surface area contributed by atoms with Crippen LogP contribution in [0.3, 0.4) is 0 Å². The van der Waals surface area contributed by atoms with Crippen molar-refractivity contribution in [1.82, 2.24) is 0 Å². The number of benzene rings is 1. The summed E-state index contributed by atoms with van der Waals surface area (Å²) in [4.78, 5) is 26.1. The lowest BCUT2D eigenvalue weighted by atomic mass is 10.0. The molecule has 3 nitrogen and oxygen atoms in total. The average Bonchev–Trinajstić information content (AvgIpc) is 2.65. The van der Waals surface area contributed by atoms with Crippen molar-refractivity contribution < 1.29 is 27.2 Å². The number of anilines is 1. The van der Waals surface area contributed by atoms with E-state index in [2.05, 4.69) is 6.58 Å². The van der Waals surface area contributed by atoms with E-state index in [4.69, 9.17) is 11.6 Å². The third kappa shape index (κ3) is 6.59. The Balaban J connectivity index is 3.57. The maximum Gasteiger partial charge on any atom is 0.412 e. The maximum atomic E-state index is 14.8. The Bertz CT molecular complexity index is 912. The number of allylic oxidation sites excluding steroid dienone is 2. The molecule has 1 aromatic rings. The Kier molecular flexibility index (Phi) is 9.38. The normalized spacial score (nSPS) is 14.5. The minimum absolute atomic E-state index is 0.00515. The van der Waals surface area contributed by atoms with Crippen molar-refractivity contribution in [3.63, 3.8) is 0 Å². The number of alkyl halides is 3. The van der Waals surface area contributed by atoms with Crippen LogP contribution in [0, 0.1) is 11.7 Å². The van der Waals surface area contributed by atoms with E-state index < -0.39 is 34.3 Å². The Morgan fingerprint density at radius 3 is 2.16 bits per heavy atom. The van der Waals surface area contributed by atoms with Gasteiger partial charge in [-0.05, 0) is 45.7 Å². The first kappa shape index (κ1) is 27.2. The van der Waals surface area contributed by atoms with Crippen molar-refractivity contribution in [3.05, 3.63) is 46.4 Å². The highest BCUT2D eigenvalue weighted by molar-refractivity contribution is 8.00. The molecule has 0 radical (unpaired) electrons. The zero-order valence-corrected chi connectivity index (χ0v) is 19.9. The molecule has 0 aliphatic rings. The van der Waals surface area contributed by atoms with Crippen molar-refractivity contribution in [2.24, 2.45) is 5.92 Å². The van der Waals surface area contributed by atoms with Gasteiger partial charge in [0.15, 0.2) is 0 Å². The second-order valence-electron chi connectivity index (χ2n) is 7.39. The molecule has 0 saturated carbocycles. The average molecular weight is 480 g/mol. The molecule has 172 valence electrons. The summed E-state index contributed by atoms with van der Waals surface area (Å²) in [5, 5.41) is -0.419. The molecule has 1 amide bonds. The van der Waals surface area contributed by atoms with Crippen LogP contribution in [-0.4, -0.2) is 23.1 Å². The molecule has 0 aliphatic carbocycles. The molecule has 31 heavy (non-hydrogen) atoms. The summed E-state index contributed by atoms with van der Waals surface area (Å²) < 4.78 is 54.0. The number of hydrogen-bond acceptors (Lipinski definition) is 3. The lowest BCUT2D eigenvalue weighted by molar-refractivity contribution is -0.117. The molecule has 0 fully saturated rings. The molecule has 1 rings (SSSR count). The van der Waals surface area contributed by atoms with Gasteiger partial charge in [0, 0.05) is 21.7 Å². The molecule has 0 aromatic heterocycles. The van der Waals surface area contributed by atoms with Crippen molar-refractivity contribution in [2.75, 3.05) is 4.90 Å². The molecule has 0 spiro atoms. The van der Waals surface area contributed by atoms with Gasteiger partial charge in [-0.1, -0.05) is 38.4 Å². The molecule has 0 bridgehead atoms. The Morgan fingerprint density at radius 2 is 1.74 bits per heavy atom. The van der Waals surface area contributed by atoms with Gasteiger partial charge in [0.2, 0.25) is 0 Å². The number of carbonyl (C=O) groups excluding carboxylic acids is 2. The molecular formula is C22H26ClF4NO2S. The third-order valence-corrected chi connectivity index (χ3v) is 7.02. The van der Waals surface area contributed by atoms with Crippen molar-refractivity contribution in [3.8, 4) is 0 Å². The molecule has 0 N–H and O–H groups in total. The molecular weight excluding hydrogens is 454 g/mol. The van der Waals surface area contributed by atoms with Gasteiger partial charge in [0.05, 0.1) is 16.0 Å². The van der Waals surface area contributed by atoms with E-state index in [0.717, 1.165) is 43.0 Å². The summed E-state index contributed by atoms with van der Waals surface area (Å²) in [6.07, 6.45) is -3.98. The van der Waals surface area contributed by atoms with Crippen LogP contribution in [0.1, 0.15) is 48.0 Å². The predicted octanol–water partition coefficient (Wildman–Crippen LogP) is 7.34. The quantitative estimate of drug-likeness (QED) is 0.222. The number of Topliss-reactive ketones (excluding diaryl/α,β-unsaturated/α-hetero) is 1. The summed E-state index contributed by atoms with van der Waals surface area (Å²) in [7, 11) is 0. The molecule has 9 heteroatoms. The standard InChI is InChI=1S/C22H26ClF4NO2S/c1-8-12(4)20(15(7)29)31-19-10-18(17(24)9-16(19)23)28(11(2)3)21(30)13(5)14(6)22(25,26)27/h9-10,12,20H,2,8H2,1,3-7H3/b14-13+. The van der Waals surface area contributed by atoms with Gasteiger partial charge in [-0.15, -0.1) is 11.8 Å². The van der Waals surface area contributed by atoms with Gasteiger partial charge in [0.1, 0.15) is 11.6 Å². The second kappa shape index (κ2) is 10.7. The van der Waals surface area contributed by atoms with Gasteiger partial charge < -0.3 is 0 Å². The Labute approximate surface area is 189 Å². The van der Waals surface area contributed by atoms with E-state index in [1.54, 1.807) is 0 Å². The maximum absolute atomic E-state index is 14.8. The van der Waals surface area contributed by atoms with Gasteiger partial charge in [-0.3, -0.25) is 14.5 Å². The summed E-state index contributed by atoms with van der Waals surface area (Å²) in [5.74, 6) is -2.03. The first-order valence-electron chi connectivity index (χ1n) is 9.54. The van der Waals surface area contributed by atoms with Crippen LogP contribution in [-0.2, 0) is 9.59 Å². The van der Waals surface area contributed by atoms with Crippen LogP contribution in [0.15, 0.2) is 40.5 Å². The molecule has 0 aliphatic heterocycles. The van der Waals surface area contributed by atoms with Crippen LogP contribution in [0.5, 0.6) is 0 Å². The lowest BCUT2D eigenvalue weighted by Gasteiger charge is -2.26. The molecule has 0 saturated heterocycles. The van der Waals surface area contributed by atoms with E-state index in [1.807, 2.05) is 13.8 Å². The molecule has 1 aromatic carbocycles. The van der Waals surface area contributed by atoms with Gasteiger partial charge >= 0.3 is 6.18 Å². The number of thioether (sulfide) groups is 1. The van der Waals surface area contributed by atoms with Gasteiger partial charge in [-0.25, -0.2) is 4.39 Å². The smallest absolute Gasteiger partial charge is 0.299 e. The molecule has 2 unspecified atom stereocenters. The fourth-order valence-electron chi connectivity index (χ4n) is 2.76. The first-order chi connectivity index (χ1) is 14.1. The van der Waals surface area contributed by atoms with Crippen LogP contribution >= 0.6 is 23.4 Å². The molecule has 2 atom stereocenters. The van der Waals surface area contributed by atoms with E-state index in [0.29, 0.717) is 4.90 Å². The summed E-state index contributed by atoms with van der Waals surface area (Å²) in [6, 6.07) is 2.25. The Morgan fingerprint density at radius 1 is 1.19 bits per heavy atom. The van der Waals surface area contributed by atoms with Crippen molar-refractivity contribution in [2.45, 2.75) is 64.3 Å². The number of rotatable bonds is 8. The van der Waals surface area contributed by atoms with Gasteiger partial charge in [-0.2, -0.15) is 13.2 Å². The minimum atomic E-state index is -4.70. The highest BCUT2D eigenvalue weighted by atomic mass is 35.5. The highest BCUT2D eigenvalue weighted by Crippen LogP contribution is 2.40.